The van der Waals surface area contributed by atoms with Crippen molar-refractivity contribution in [3.63, 3.8) is 0 Å². The Balaban J connectivity index is 0.000000403. The molecule has 2 unspecified atom stereocenters. The summed E-state index contributed by atoms with van der Waals surface area (Å²) < 4.78 is 13.1. The predicted octanol–water partition coefficient (Wildman–Crippen LogP) is 2.43. The highest BCUT2D eigenvalue weighted by Gasteiger charge is 2.29. The van der Waals surface area contributed by atoms with Crippen molar-refractivity contribution in [1.29, 1.82) is 0 Å². The van der Waals surface area contributed by atoms with Gasteiger partial charge < -0.3 is 24.5 Å². The third-order valence-corrected chi connectivity index (χ3v) is 4.13. The van der Waals surface area contributed by atoms with Crippen molar-refractivity contribution >= 4 is 22.6 Å². The zero-order valence-electron chi connectivity index (χ0n) is 15.8. The predicted molar refractivity (Wildman–Crippen MR) is 102 cm³/mol. The first kappa shape index (κ1) is 20.7. The van der Waals surface area contributed by atoms with E-state index in [4.69, 9.17) is 31.0 Å². The SMILES string of the molecule is CC(C)(O)O.Cc1ccc(-c2nc(Cl)nc3c2cnn3C2CCC(CO)O2)o1. The Labute approximate surface area is 166 Å². The van der Waals surface area contributed by atoms with Crippen LogP contribution in [0, 0.1) is 6.92 Å². The molecule has 0 aromatic carbocycles. The van der Waals surface area contributed by atoms with Crippen molar-refractivity contribution in [2.45, 2.75) is 51.7 Å². The number of aliphatic hydroxyl groups is 3. The van der Waals surface area contributed by atoms with E-state index in [0.29, 0.717) is 17.1 Å². The minimum atomic E-state index is -1.50. The van der Waals surface area contributed by atoms with Crippen LogP contribution in [0.15, 0.2) is 22.7 Å². The number of aryl methyl sites for hydroxylation is 1. The molecule has 1 saturated heterocycles. The van der Waals surface area contributed by atoms with E-state index in [-0.39, 0.29) is 24.2 Å². The van der Waals surface area contributed by atoms with Crippen LogP contribution < -0.4 is 0 Å². The second-order valence-electron chi connectivity index (χ2n) is 7.05. The molecule has 0 aliphatic carbocycles. The molecule has 3 aromatic rings. The molecule has 10 heteroatoms. The standard InChI is InChI=1S/C15H15ClN4O3.C3H8O2/c1-8-2-4-11(22-8)13-10-6-17-20(14(10)19-15(16)18-13)12-5-3-9(7-21)23-12;1-3(2,4)5/h2,4,6,9,12,21H,3,5,7H2,1H3;4-5H,1-2H3. The maximum absolute atomic E-state index is 9.22. The average Bonchev–Trinajstić information content (AvgIpc) is 3.30. The minimum Gasteiger partial charge on any atom is -0.460 e. The van der Waals surface area contributed by atoms with Crippen molar-refractivity contribution < 1.29 is 24.5 Å². The minimum absolute atomic E-state index is 0.00234. The van der Waals surface area contributed by atoms with Crippen molar-refractivity contribution in [3.8, 4) is 11.5 Å². The van der Waals surface area contributed by atoms with Crippen LogP contribution in [-0.2, 0) is 4.74 Å². The summed E-state index contributed by atoms with van der Waals surface area (Å²) >= 11 is 6.09. The lowest BCUT2D eigenvalue weighted by molar-refractivity contribution is -0.127. The Bertz CT molecular complexity index is 943. The van der Waals surface area contributed by atoms with Gasteiger partial charge in [0.2, 0.25) is 5.28 Å². The van der Waals surface area contributed by atoms with Crippen LogP contribution in [0.3, 0.4) is 0 Å². The number of ether oxygens (including phenoxy) is 1. The fourth-order valence-electron chi connectivity index (χ4n) is 2.86. The van der Waals surface area contributed by atoms with Gasteiger partial charge >= 0.3 is 0 Å². The average molecular weight is 411 g/mol. The molecule has 0 bridgehead atoms. The number of halogens is 1. The largest absolute Gasteiger partial charge is 0.460 e. The van der Waals surface area contributed by atoms with Gasteiger partial charge in [-0.25, -0.2) is 9.67 Å². The second-order valence-corrected chi connectivity index (χ2v) is 7.38. The van der Waals surface area contributed by atoms with Crippen molar-refractivity contribution in [1.82, 2.24) is 19.7 Å². The molecule has 1 fully saturated rings. The lowest BCUT2D eigenvalue weighted by atomic mass is 10.2. The molecule has 4 heterocycles. The van der Waals surface area contributed by atoms with Crippen LogP contribution in [0.4, 0.5) is 0 Å². The van der Waals surface area contributed by atoms with Crippen molar-refractivity contribution in [3.05, 3.63) is 29.4 Å². The molecule has 28 heavy (non-hydrogen) atoms. The Morgan fingerprint density at radius 3 is 2.54 bits per heavy atom. The van der Waals surface area contributed by atoms with E-state index < -0.39 is 5.79 Å². The summed E-state index contributed by atoms with van der Waals surface area (Å²) in [6.07, 6.45) is 2.81. The quantitative estimate of drug-likeness (QED) is 0.443. The Morgan fingerprint density at radius 1 is 1.25 bits per heavy atom. The fraction of sp³-hybridized carbons (Fsp3) is 0.500. The van der Waals surface area contributed by atoms with E-state index in [2.05, 4.69) is 15.1 Å². The summed E-state index contributed by atoms with van der Waals surface area (Å²) in [6, 6.07) is 3.71. The third-order valence-electron chi connectivity index (χ3n) is 3.96. The van der Waals surface area contributed by atoms with E-state index in [0.717, 1.165) is 24.0 Å². The number of nitrogens with zero attached hydrogens (tertiary/aromatic N) is 4. The maximum atomic E-state index is 9.22. The molecule has 152 valence electrons. The van der Waals surface area contributed by atoms with E-state index in [1.165, 1.54) is 13.8 Å². The maximum Gasteiger partial charge on any atom is 0.225 e. The van der Waals surface area contributed by atoms with E-state index in [1.807, 2.05) is 19.1 Å². The molecule has 2 atom stereocenters. The number of fused-ring (bicyclic) bond motifs is 1. The van der Waals surface area contributed by atoms with E-state index in [9.17, 15) is 5.11 Å². The van der Waals surface area contributed by atoms with Crippen LogP contribution in [0.2, 0.25) is 5.28 Å². The molecule has 3 aromatic heterocycles. The summed E-state index contributed by atoms with van der Waals surface area (Å²) in [4.78, 5) is 8.58. The van der Waals surface area contributed by atoms with Gasteiger partial charge in [0.05, 0.1) is 24.3 Å². The molecular formula is C18H23ClN4O5. The molecule has 1 aliphatic rings. The van der Waals surface area contributed by atoms with Crippen LogP contribution in [-0.4, -0.2) is 53.6 Å². The first-order chi connectivity index (χ1) is 13.2. The molecule has 9 nitrogen and oxygen atoms in total. The summed E-state index contributed by atoms with van der Waals surface area (Å²) in [5.41, 5.74) is 1.20. The molecule has 0 spiro atoms. The van der Waals surface area contributed by atoms with Gasteiger partial charge in [0.15, 0.2) is 23.4 Å². The van der Waals surface area contributed by atoms with Gasteiger partial charge in [-0.1, -0.05) is 0 Å². The Kier molecular flexibility index (Phi) is 6.01. The molecule has 3 N–H and O–H groups in total. The van der Waals surface area contributed by atoms with Crippen molar-refractivity contribution in [2.24, 2.45) is 0 Å². The number of hydrogen-bond donors (Lipinski definition) is 3. The van der Waals surface area contributed by atoms with Gasteiger partial charge in [-0.2, -0.15) is 10.1 Å². The van der Waals surface area contributed by atoms with Gasteiger partial charge in [-0.3, -0.25) is 0 Å². The van der Waals surface area contributed by atoms with Gasteiger partial charge in [0, 0.05) is 0 Å². The van der Waals surface area contributed by atoms with Crippen LogP contribution in [0.5, 0.6) is 0 Å². The van der Waals surface area contributed by atoms with Crippen LogP contribution in [0.1, 0.15) is 38.7 Å². The van der Waals surface area contributed by atoms with Crippen LogP contribution >= 0.6 is 11.6 Å². The first-order valence-electron chi connectivity index (χ1n) is 8.84. The van der Waals surface area contributed by atoms with E-state index >= 15 is 0 Å². The van der Waals surface area contributed by atoms with Gasteiger partial charge in [-0.05, 0) is 57.3 Å². The highest BCUT2D eigenvalue weighted by molar-refractivity contribution is 6.28. The van der Waals surface area contributed by atoms with Crippen LogP contribution in [0.25, 0.3) is 22.5 Å². The van der Waals surface area contributed by atoms with E-state index in [1.54, 1.807) is 10.9 Å². The summed E-state index contributed by atoms with van der Waals surface area (Å²) in [7, 11) is 0. The molecule has 0 amide bonds. The highest BCUT2D eigenvalue weighted by Crippen LogP contribution is 2.33. The molecular weight excluding hydrogens is 388 g/mol. The number of aliphatic hydroxyl groups excluding tert-OH is 1. The van der Waals surface area contributed by atoms with Crippen molar-refractivity contribution in [2.75, 3.05) is 6.61 Å². The third kappa shape index (κ3) is 4.86. The summed E-state index contributed by atoms with van der Waals surface area (Å²) in [5.74, 6) is -0.0860. The first-order valence-corrected chi connectivity index (χ1v) is 9.22. The fourth-order valence-corrected chi connectivity index (χ4v) is 3.03. The number of hydrogen-bond acceptors (Lipinski definition) is 8. The lowest BCUT2D eigenvalue weighted by Crippen LogP contribution is -2.15. The molecule has 0 radical (unpaired) electrons. The monoisotopic (exact) mass is 410 g/mol. The molecule has 0 saturated carbocycles. The molecule has 1 aliphatic heterocycles. The van der Waals surface area contributed by atoms with Gasteiger partial charge in [0.25, 0.3) is 0 Å². The normalized spacial score (nSPS) is 19.7. The summed E-state index contributed by atoms with van der Waals surface area (Å²) in [5, 5.41) is 30.6. The second kappa shape index (κ2) is 8.14. The Morgan fingerprint density at radius 2 is 1.96 bits per heavy atom. The molecule has 4 rings (SSSR count). The summed E-state index contributed by atoms with van der Waals surface area (Å²) in [6.45, 7) is 4.47. The Hall–Kier alpha value is -2.04. The zero-order valence-corrected chi connectivity index (χ0v) is 16.6. The number of aromatic nitrogens is 4. The van der Waals surface area contributed by atoms with Gasteiger partial charge in [0.1, 0.15) is 11.5 Å². The number of rotatable bonds is 3. The number of furan rings is 1. The topological polar surface area (TPSA) is 127 Å². The zero-order chi connectivity index (χ0) is 20.5. The smallest absolute Gasteiger partial charge is 0.225 e. The van der Waals surface area contributed by atoms with Gasteiger partial charge in [-0.15, -0.1) is 0 Å². The lowest BCUT2D eigenvalue weighted by Gasteiger charge is -2.13. The highest BCUT2D eigenvalue weighted by atomic mass is 35.5.